The molecule has 1 aromatic heterocycles. The molecule has 6 nitrogen and oxygen atoms in total. The van der Waals surface area contributed by atoms with Gasteiger partial charge in [-0.25, -0.2) is 4.98 Å². The third-order valence-corrected chi connectivity index (χ3v) is 6.68. The molecule has 1 fully saturated rings. The van der Waals surface area contributed by atoms with Gasteiger partial charge in [0.2, 0.25) is 5.91 Å². The van der Waals surface area contributed by atoms with Crippen LogP contribution in [0.5, 0.6) is 0 Å². The van der Waals surface area contributed by atoms with Crippen molar-refractivity contribution in [1.29, 1.82) is 0 Å². The monoisotopic (exact) mass is 510 g/mol. The largest absolute Gasteiger partial charge is 0.352 e. The zero-order valence-electron chi connectivity index (χ0n) is 18.9. The van der Waals surface area contributed by atoms with Crippen LogP contribution >= 0.6 is 15.9 Å². The normalized spacial score (nSPS) is 14.3. The van der Waals surface area contributed by atoms with Gasteiger partial charge in [-0.2, -0.15) is 0 Å². The SMILES string of the molecule is O=C(NCCCc1nc2ccccc2n1CCC(=O)N1CCCCCC1)c1cccc(Br)c1. The molecule has 0 saturated carbocycles. The van der Waals surface area contributed by atoms with E-state index in [1.165, 1.54) is 12.8 Å². The summed E-state index contributed by atoms with van der Waals surface area (Å²) in [5, 5.41) is 2.99. The first-order valence-corrected chi connectivity index (χ1v) is 12.7. The molecule has 1 aliphatic heterocycles. The van der Waals surface area contributed by atoms with Gasteiger partial charge in [-0.15, -0.1) is 0 Å². The summed E-state index contributed by atoms with van der Waals surface area (Å²) >= 11 is 3.40. The molecule has 2 aromatic carbocycles. The molecule has 1 saturated heterocycles. The Morgan fingerprint density at radius 2 is 1.79 bits per heavy atom. The fourth-order valence-electron chi connectivity index (χ4n) is 4.43. The van der Waals surface area contributed by atoms with Crippen LogP contribution in [0.2, 0.25) is 0 Å². The molecule has 174 valence electrons. The number of nitrogens with one attached hydrogen (secondary N) is 1. The smallest absolute Gasteiger partial charge is 0.251 e. The molecular formula is C26H31BrN4O2. The van der Waals surface area contributed by atoms with Crippen LogP contribution in [-0.2, 0) is 17.8 Å². The molecule has 0 radical (unpaired) electrons. The van der Waals surface area contributed by atoms with Crippen LogP contribution in [0.3, 0.4) is 0 Å². The van der Waals surface area contributed by atoms with Gasteiger partial charge in [-0.3, -0.25) is 9.59 Å². The van der Waals surface area contributed by atoms with Gasteiger partial charge in [-0.05, 0) is 49.6 Å². The zero-order chi connectivity index (χ0) is 23.0. The van der Waals surface area contributed by atoms with Crippen molar-refractivity contribution in [3.05, 3.63) is 64.4 Å². The van der Waals surface area contributed by atoms with E-state index < -0.39 is 0 Å². The number of fused-ring (bicyclic) bond motifs is 1. The Balaban J connectivity index is 1.36. The van der Waals surface area contributed by atoms with Crippen molar-refractivity contribution in [1.82, 2.24) is 19.8 Å². The maximum atomic E-state index is 12.8. The Morgan fingerprint density at radius 1 is 1.00 bits per heavy atom. The van der Waals surface area contributed by atoms with E-state index in [0.717, 1.165) is 60.1 Å². The van der Waals surface area contributed by atoms with Gasteiger partial charge in [0.25, 0.3) is 5.91 Å². The average molecular weight is 511 g/mol. The maximum absolute atomic E-state index is 12.8. The number of aryl methyl sites for hydroxylation is 2. The van der Waals surface area contributed by atoms with Gasteiger partial charge in [0.1, 0.15) is 5.82 Å². The number of likely N-dealkylation sites (tertiary alicyclic amines) is 1. The standard InChI is InChI=1S/C26H31BrN4O2/c27-21-10-7-9-20(19-21)26(33)28-15-8-13-24-29-22-11-3-4-12-23(22)31(24)18-14-25(32)30-16-5-1-2-6-17-30/h3-4,7,9-12,19H,1-2,5-6,8,13-18H2,(H,28,33). The van der Waals surface area contributed by atoms with E-state index in [1.54, 1.807) is 6.07 Å². The second-order valence-corrected chi connectivity index (χ2v) is 9.50. The molecule has 0 spiro atoms. The van der Waals surface area contributed by atoms with Crippen molar-refractivity contribution >= 4 is 38.8 Å². The van der Waals surface area contributed by atoms with Crippen LogP contribution in [0.25, 0.3) is 11.0 Å². The van der Waals surface area contributed by atoms with Crippen molar-refractivity contribution in [2.75, 3.05) is 19.6 Å². The molecule has 33 heavy (non-hydrogen) atoms. The minimum absolute atomic E-state index is 0.0761. The average Bonchev–Trinajstić information content (AvgIpc) is 2.97. The number of halogens is 1. The predicted molar refractivity (Wildman–Crippen MR) is 134 cm³/mol. The summed E-state index contributed by atoms with van der Waals surface area (Å²) in [6.45, 7) is 2.97. The van der Waals surface area contributed by atoms with Gasteiger partial charge in [0.05, 0.1) is 11.0 Å². The highest BCUT2D eigenvalue weighted by Crippen LogP contribution is 2.19. The fraction of sp³-hybridized carbons (Fsp3) is 0.423. The van der Waals surface area contributed by atoms with Gasteiger partial charge in [0, 0.05) is 49.1 Å². The number of nitrogens with zero attached hydrogens (tertiary/aromatic N) is 3. The lowest BCUT2D eigenvalue weighted by atomic mass is 10.2. The number of hydrogen-bond acceptors (Lipinski definition) is 3. The van der Waals surface area contributed by atoms with Crippen LogP contribution in [0.4, 0.5) is 0 Å². The Kier molecular flexibility index (Phi) is 8.15. The minimum atomic E-state index is -0.0761. The third kappa shape index (κ3) is 6.22. The lowest BCUT2D eigenvalue weighted by Gasteiger charge is -2.20. The number of carbonyl (C=O) groups is 2. The lowest BCUT2D eigenvalue weighted by Crippen LogP contribution is -2.32. The summed E-state index contributed by atoms with van der Waals surface area (Å²) in [4.78, 5) is 32.1. The fourth-order valence-corrected chi connectivity index (χ4v) is 4.83. The molecule has 7 heteroatoms. The van der Waals surface area contributed by atoms with Gasteiger partial charge in [-0.1, -0.05) is 47.0 Å². The lowest BCUT2D eigenvalue weighted by molar-refractivity contribution is -0.131. The summed E-state index contributed by atoms with van der Waals surface area (Å²) in [5.41, 5.74) is 2.66. The van der Waals surface area contributed by atoms with Crippen molar-refractivity contribution < 1.29 is 9.59 Å². The van der Waals surface area contributed by atoms with Crippen LogP contribution in [-0.4, -0.2) is 45.9 Å². The number of imidazole rings is 1. The Morgan fingerprint density at radius 3 is 2.58 bits per heavy atom. The summed E-state index contributed by atoms with van der Waals surface area (Å²) in [7, 11) is 0. The Labute approximate surface area is 203 Å². The number of rotatable bonds is 8. The third-order valence-electron chi connectivity index (χ3n) is 6.19. The highest BCUT2D eigenvalue weighted by molar-refractivity contribution is 9.10. The van der Waals surface area contributed by atoms with Crippen LogP contribution in [0.1, 0.15) is 54.7 Å². The summed E-state index contributed by atoms with van der Waals surface area (Å²) in [6, 6.07) is 15.5. The highest BCUT2D eigenvalue weighted by atomic mass is 79.9. The van der Waals surface area contributed by atoms with Crippen molar-refractivity contribution in [2.45, 2.75) is 51.5 Å². The first kappa shape index (κ1) is 23.5. The van der Waals surface area contributed by atoms with E-state index >= 15 is 0 Å². The van der Waals surface area contributed by atoms with Crippen molar-refractivity contribution in [3.8, 4) is 0 Å². The number of aromatic nitrogens is 2. The molecule has 1 N–H and O–H groups in total. The van der Waals surface area contributed by atoms with Gasteiger partial charge >= 0.3 is 0 Å². The molecule has 3 aromatic rings. The number of amides is 2. The van der Waals surface area contributed by atoms with Crippen LogP contribution < -0.4 is 5.32 Å². The first-order valence-electron chi connectivity index (χ1n) is 11.9. The first-order chi connectivity index (χ1) is 16.1. The molecule has 1 aliphatic rings. The second-order valence-electron chi connectivity index (χ2n) is 8.58. The van der Waals surface area contributed by atoms with E-state index in [2.05, 4.69) is 31.9 Å². The number of hydrogen-bond donors (Lipinski definition) is 1. The number of para-hydroxylation sites is 2. The van der Waals surface area contributed by atoms with E-state index in [4.69, 9.17) is 4.98 Å². The molecule has 2 amide bonds. The molecule has 4 rings (SSSR count). The van der Waals surface area contributed by atoms with Crippen LogP contribution in [0.15, 0.2) is 53.0 Å². The van der Waals surface area contributed by atoms with Crippen molar-refractivity contribution in [3.63, 3.8) is 0 Å². The highest BCUT2D eigenvalue weighted by Gasteiger charge is 2.17. The topological polar surface area (TPSA) is 67.2 Å². The molecule has 0 unspecified atom stereocenters. The summed E-state index contributed by atoms with van der Waals surface area (Å²) in [6.07, 6.45) is 6.67. The number of carbonyl (C=O) groups excluding carboxylic acids is 2. The van der Waals surface area contributed by atoms with E-state index in [-0.39, 0.29) is 11.8 Å². The van der Waals surface area contributed by atoms with Gasteiger partial charge < -0.3 is 14.8 Å². The van der Waals surface area contributed by atoms with Gasteiger partial charge in [0.15, 0.2) is 0 Å². The van der Waals surface area contributed by atoms with E-state index in [0.29, 0.717) is 25.1 Å². The maximum Gasteiger partial charge on any atom is 0.251 e. The molecule has 2 heterocycles. The summed E-state index contributed by atoms with van der Waals surface area (Å²) in [5.74, 6) is 1.13. The molecule has 0 aliphatic carbocycles. The predicted octanol–water partition coefficient (Wildman–Crippen LogP) is 4.95. The number of benzene rings is 2. The van der Waals surface area contributed by atoms with Crippen molar-refractivity contribution in [2.24, 2.45) is 0 Å². The molecular weight excluding hydrogens is 480 g/mol. The van der Waals surface area contributed by atoms with Crippen LogP contribution in [0, 0.1) is 0 Å². The summed E-state index contributed by atoms with van der Waals surface area (Å²) < 4.78 is 3.07. The molecule has 0 atom stereocenters. The molecule has 0 bridgehead atoms. The quantitative estimate of drug-likeness (QED) is 0.435. The van der Waals surface area contributed by atoms with E-state index in [1.807, 2.05) is 41.3 Å². The minimum Gasteiger partial charge on any atom is -0.352 e. The Hall–Kier alpha value is -2.67. The van der Waals surface area contributed by atoms with E-state index in [9.17, 15) is 9.59 Å². The Bertz CT molecular complexity index is 1100. The zero-order valence-corrected chi connectivity index (χ0v) is 20.5. The second kappa shape index (κ2) is 11.5.